The van der Waals surface area contributed by atoms with Crippen molar-refractivity contribution in [3.05, 3.63) is 42.5 Å². The number of fused-ring (bicyclic) bond motifs is 1. The van der Waals surface area contributed by atoms with E-state index in [9.17, 15) is 13.2 Å². The third kappa shape index (κ3) is 3.40. The molecule has 5 nitrogen and oxygen atoms in total. The zero-order chi connectivity index (χ0) is 15.6. The van der Waals surface area contributed by atoms with E-state index in [0.29, 0.717) is 0 Å². The molecular weight excluding hydrogens is 290 g/mol. The normalized spacial score (nSPS) is 13.5. The predicted molar refractivity (Wildman–Crippen MR) is 80.5 cm³/mol. The molecule has 0 aliphatic carbocycles. The molecule has 0 fully saturated rings. The van der Waals surface area contributed by atoms with Crippen LogP contribution in [0.25, 0.3) is 10.8 Å². The molecule has 0 aromatic heterocycles. The van der Waals surface area contributed by atoms with Gasteiger partial charge in [-0.1, -0.05) is 44.2 Å². The van der Waals surface area contributed by atoms with E-state index in [2.05, 4.69) is 4.72 Å². The zero-order valence-corrected chi connectivity index (χ0v) is 12.6. The molecule has 0 spiro atoms. The summed E-state index contributed by atoms with van der Waals surface area (Å²) in [5.41, 5.74) is 0. The van der Waals surface area contributed by atoms with Crippen molar-refractivity contribution in [3.8, 4) is 0 Å². The maximum atomic E-state index is 12.3. The molecule has 0 bridgehead atoms. The van der Waals surface area contributed by atoms with Crippen LogP contribution in [0.5, 0.6) is 0 Å². The predicted octanol–water partition coefficient (Wildman–Crippen LogP) is 2.23. The number of carboxylic acids is 1. The first-order valence-corrected chi connectivity index (χ1v) is 8.03. The Kier molecular flexibility index (Phi) is 4.29. The summed E-state index contributed by atoms with van der Waals surface area (Å²) in [6.45, 7) is 3.31. The second-order valence-electron chi connectivity index (χ2n) is 5.19. The van der Waals surface area contributed by atoms with Crippen molar-refractivity contribution in [1.29, 1.82) is 0 Å². The van der Waals surface area contributed by atoms with Crippen molar-refractivity contribution in [1.82, 2.24) is 4.72 Å². The highest BCUT2D eigenvalue weighted by Gasteiger charge is 2.27. The lowest BCUT2D eigenvalue weighted by atomic mass is 10.1. The van der Waals surface area contributed by atoms with Gasteiger partial charge in [-0.2, -0.15) is 4.72 Å². The number of hydrogen-bond acceptors (Lipinski definition) is 3. The van der Waals surface area contributed by atoms with Gasteiger partial charge < -0.3 is 5.11 Å². The van der Waals surface area contributed by atoms with Crippen LogP contribution in [0.3, 0.4) is 0 Å². The lowest BCUT2D eigenvalue weighted by Gasteiger charge is -2.18. The van der Waals surface area contributed by atoms with Gasteiger partial charge in [0, 0.05) is 0 Å². The molecule has 2 N–H and O–H groups in total. The van der Waals surface area contributed by atoms with Crippen molar-refractivity contribution >= 4 is 26.8 Å². The molecule has 6 heteroatoms. The van der Waals surface area contributed by atoms with Gasteiger partial charge in [-0.25, -0.2) is 8.42 Å². The Hall–Kier alpha value is -1.92. The summed E-state index contributed by atoms with van der Waals surface area (Å²) >= 11 is 0. The van der Waals surface area contributed by atoms with E-state index >= 15 is 0 Å². The summed E-state index contributed by atoms with van der Waals surface area (Å²) in [5, 5.41) is 10.8. The first kappa shape index (κ1) is 15.5. The molecule has 0 radical (unpaired) electrons. The highest BCUT2D eigenvalue weighted by atomic mass is 32.2. The van der Waals surface area contributed by atoms with Gasteiger partial charge in [0.1, 0.15) is 6.04 Å². The molecule has 2 aromatic rings. The Morgan fingerprint density at radius 1 is 1.10 bits per heavy atom. The van der Waals surface area contributed by atoms with Gasteiger partial charge in [-0.05, 0) is 28.8 Å². The van der Waals surface area contributed by atoms with Crippen LogP contribution in [-0.4, -0.2) is 25.5 Å². The summed E-state index contributed by atoms with van der Waals surface area (Å²) < 4.78 is 26.9. The molecule has 21 heavy (non-hydrogen) atoms. The van der Waals surface area contributed by atoms with Crippen molar-refractivity contribution < 1.29 is 18.3 Å². The monoisotopic (exact) mass is 307 g/mol. The fourth-order valence-electron chi connectivity index (χ4n) is 2.04. The van der Waals surface area contributed by atoms with Gasteiger partial charge in [0.05, 0.1) is 4.90 Å². The number of carbonyl (C=O) groups is 1. The fourth-order valence-corrected chi connectivity index (χ4v) is 3.41. The molecule has 112 valence electrons. The Balaban J connectivity index is 2.39. The van der Waals surface area contributed by atoms with Crippen LogP contribution in [0.1, 0.15) is 13.8 Å². The van der Waals surface area contributed by atoms with Crippen LogP contribution in [0, 0.1) is 5.92 Å². The SMILES string of the molecule is CC(C)[C@H](NS(=O)(=O)c1ccc2ccccc2c1)C(=O)O. The summed E-state index contributed by atoms with van der Waals surface area (Å²) in [5.74, 6) is -1.54. The van der Waals surface area contributed by atoms with Gasteiger partial charge in [0.25, 0.3) is 0 Å². The third-order valence-electron chi connectivity index (χ3n) is 3.25. The standard InChI is InChI=1S/C15H17NO4S/c1-10(2)14(15(17)18)16-21(19,20)13-8-7-11-5-3-4-6-12(11)9-13/h3-10,14,16H,1-2H3,(H,17,18)/t14-/m0/s1. The molecule has 2 rings (SSSR count). The maximum absolute atomic E-state index is 12.3. The number of nitrogens with one attached hydrogen (secondary N) is 1. The van der Waals surface area contributed by atoms with Crippen LogP contribution in [0.2, 0.25) is 0 Å². The van der Waals surface area contributed by atoms with Crippen LogP contribution < -0.4 is 4.72 Å². The number of aliphatic carboxylic acids is 1. The van der Waals surface area contributed by atoms with Gasteiger partial charge in [0.15, 0.2) is 0 Å². The second kappa shape index (κ2) is 5.83. The number of sulfonamides is 1. The number of hydrogen-bond donors (Lipinski definition) is 2. The maximum Gasteiger partial charge on any atom is 0.322 e. The van der Waals surface area contributed by atoms with Crippen molar-refractivity contribution in [2.45, 2.75) is 24.8 Å². The first-order valence-electron chi connectivity index (χ1n) is 6.55. The minimum absolute atomic E-state index is 0.0631. The molecule has 0 saturated heterocycles. The van der Waals surface area contributed by atoms with E-state index < -0.39 is 22.0 Å². The smallest absolute Gasteiger partial charge is 0.322 e. The molecule has 0 aliphatic heterocycles. The van der Waals surface area contributed by atoms with E-state index in [1.54, 1.807) is 19.9 Å². The van der Waals surface area contributed by atoms with E-state index in [1.807, 2.05) is 24.3 Å². The number of carboxylic acid groups (broad SMARTS) is 1. The average Bonchev–Trinajstić information content (AvgIpc) is 2.43. The topological polar surface area (TPSA) is 83.5 Å². The minimum atomic E-state index is -3.87. The highest BCUT2D eigenvalue weighted by Crippen LogP contribution is 2.19. The second-order valence-corrected chi connectivity index (χ2v) is 6.90. The van der Waals surface area contributed by atoms with E-state index in [4.69, 9.17) is 5.11 Å². The Morgan fingerprint density at radius 2 is 1.71 bits per heavy atom. The largest absolute Gasteiger partial charge is 0.480 e. The molecule has 0 amide bonds. The van der Waals surface area contributed by atoms with Crippen LogP contribution in [0.4, 0.5) is 0 Å². The molecule has 2 aromatic carbocycles. The van der Waals surface area contributed by atoms with Gasteiger partial charge in [-0.3, -0.25) is 4.79 Å². The molecule has 0 aliphatic rings. The first-order chi connectivity index (χ1) is 9.81. The molecule has 0 saturated carbocycles. The number of benzene rings is 2. The van der Waals surface area contributed by atoms with Gasteiger partial charge >= 0.3 is 5.97 Å². The van der Waals surface area contributed by atoms with Crippen LogP contribution >= 0.6 is 0 Å². The summed E-state index contributed by atoms with van der Waals surface area (Å²) in [6.07, 6.45) is 0. The third-order valence-corrected chi connectivity index (χ3v) is 4.68. The Morgan fingerprint density at radius 3 is 2.29 bits per heavy atom. The van der Waals surface area contributed by atoms with Crippen molar-refractivity contribution in [3.63, 3.8) is 0 Å². The fraction of sp³-hybridized carbons (Fsp3) is 0.267. The lowest BCUT2D eigenvalue weighted by Crippen LogP contribution is -2.44. The summed E-state index contributed by atoms with van der Waals surface area (Å²) in [4.78, 5) is 11.2. The van der Waals surface area contributed by atoms with Gasteiger partial charge in [0.2, 0.25) is 10.0 Å². The van der Waals surface area contributed by atoms with Crippen LogP contribution in [-0.2, 0) is 14.8 Å². The average molecular weight is 307 g/mol. The van der Waals surface area contributed by atoms with E-state index in [0.717, 1.165) is 10.8 Å². The number of rotatable bonds is 5. The van der Waals surface area contributed by atoms with Gasteiger partial charge in [-0.15, -0.1) is 0 Å². The quantitative estimate of drug-likeness (QED) is 0.887. The van der Waals surface area contributed by atoms with Crippen molar-refractivity contribution in [2.24, 2.45) is 5.92 Å². The van der Waals surface area contributed by atoms with E-state index in [1.165, 1.54) is 12.1 Å². The molecule has 0 unspecified atom stereocenters. The summed E-state index contributed by atoms with van der Waals surface area (Å²) in [7, 11) is -3.87. The Labute approximate surface area is 123 Å². The zero-order valence-electron chi connectivity index (χ0n) is 11.8. The van der Waals surface area contributed by atoms with Crippen LogP contribution in [0.15, 0.2) is 47.4 Å². The minimum Gasteiger partial charge on any atom is -0.480 e. The highest BCUT2D eigenvalue weighted by molar-refractivity contribution is 7.89. The summed E-state index contributed by atoms with van der Waals surface area (Å²) in [6, 6.07) is 10.9. The van der Waals surface area contributed by atoms with E-state index in [-0.39, 0.29) is 10.8 Å². The molecular formula is C15H17NO4S. The Bertz CT molecular complexity index is 768. The van der Waals surface area contributed by atoms with Crippen molar-refractivity contribution in [2.75, 3.05) is 0 Å². The lowest BCUT2D eigenvalue weighted by molar-refractivity contribution is -0.140. The molecule has 1 atom stereocenters. The molecule has 0 heterocycles.